The Labute approximate surface area is 144 Å². The molecular formula is C17H19N5O3. The lowest BCUT2D eigenvalue weighted by atomic mass is 9.92. The van der Waals surface area contributed by atoms with Crippen LogP contribution in [0.5, 0.6) is 5.88 Å². The van der Waals surface area contributed by atoms with E-state index in [9.17, 15) is 5.11 Å². The number of rotatable bonds is 3. The van der Waals surface area contributed by atoms with Crippen molar-refractivity contribution in [1.82, 2.24) is 24.9 Å². The highest BCUT2D eigenvalue weighted by atomic mass is 16.5. The number of pyridine rings is 1. The normalized spacial score (nSPS) is 18.6. The lowest BCUT2D eigenvalue weighted by Crippen LogP contribution is -2.46. The Morgan fingerprint density at radius 3 is 3.00 bits per heavy atom. The molecule has 3 aromatic rings. The van der Waals surface area contributed by atoms with Crippen molar-refractivity contribution in [1.29, 1.82) is 0 Å². The van der Waals surface area contributed by atoms with Gasteiger partial charge in [0.25, 0.3) is 5.89 Å². The first-order valence-corrected chi connectivity index (χ1v) is 8.20. The van der Waals surface area contributed by atoms with Crippen molar-refractivity contribution < 1.29 is 14.4 Å². The van der Waals surface area contributed by atoms with Gasteiger partial charge < -0.3 is 14.4 Å². The third-order valence-corrected chi connectivity index (χ3v) is 4.37. The Morgan fingerprint density at radius 2 is 2.24 bits per heavy atom. The number of hydrogen-bond donors (Lipinski definition) is 1. The van der Waals surface area contributed by atoms with Crippen molar-refractivity contribution in [2.24, 2.45) is 0 Å². The Hall–Kier alpha value is -2.74. The molecule has 0 amide bonds. The molecule has 3 aromatic heterocycles. The van der Waals surface area contributed by atoms with Gasteiger partial charge in [0.2, 0.25) is 11.7 Å². The molecule has 1 N–H and O–H groups in total. The molecule has 25 heavy (non-hydrogen) atoms. The molecular weight excluding hydrogens is 322 g/mol. The fourth-order valence-corrected chi connectivity index (χ4v) is 2.73. The molecule has 0 bridgehead atoms. The molecule has 130 valence electrons. The molecule has 1 atom stereocenters. The lowest BCUT2D eigenvalue weighted by Gasteiger charge is -2.36. The van der Waals surface area contributed by atoms with E-state index in [1.807, 2.05) is 39.1 Å². The zero-order valence-corrected chi connectivity index (χ0v) is 14.3. The number of aryl methyl sites for hydroxylation is 1. The van der Waals surface area contributed by atoms with Crippen molar-refractivity contribution in [3.63, 3.8) is 0 Å². The number of fused-ring (bicyclic) bond motifs is 1. The van der Waals surface area contributed by atoms with Crippen molar-refractivity contribution in [2.45, 2.75) is 45.4 Å². The van der Waals surface area contributed by atoms with Crippen molar-refractivity contribution in [3.8, 4) is 28.9 Å². The van der Waals surface area contributed by atoms with Crippen molar-refractivity contribution in [2.75, 3.05) is 0 Å². The summed E-state index contributed by atoms with van der Waals surface area (Å²) in [5.74, 6) is 1.31. The van der Waals surface area contributed by atoms with E-state index < -0.39 is 11.7 Å². The first-order valence-electron chi connectivity index (χ1n) is 8.20. The fraction of sp³-hybridized carbons (Fsp3) is 0.412. The van der Waals surface area contributed by atoms with Crippen LogP contribution in [0, 0.1) is 0 Å². The standard InChI is InChI=1S/C17H19N5O3/c1-4-22-6-5-12(20-22)14-19-16(25-21-14)11-7-10-8-13(23)17(2,3)24-15(10)18-9-11/h5-7,9,13,23H,4,8H2,1-3H3/t13-/m1/s1. The van der Waals surface area contributed by atoms with Crippen LogP contribution < -0.4 is 4.74 Å². The highest BCUT2D eigenvalue weighted by molar-refractivity contribution is 5.58. The minimum Gasteiger partial charge on any atom is -0.469 e. The van der Waals surface area contributed by atoms with E-state index in [1.54, 1.807) is 10.9 Å². The van der Waals surface area contributed by atoms with Gasteiger partial charge in [-0.1, -0.05) is 5.16 Å². The van der Waals surface area contributed by atoms with E-state index in [-0.39, 0.29) is 0 Å². The van der Waals surface area contributed by atoms with Crippen molar-refractivity contribution >= 4 is 0 Å². The van der Waals surface area contributed by atoms with E-state index in [4.69, 9.17) is 9.26 Å². The second kappa shape index (κ2) is 5.66. The van der Waals surface area contributed by atoms with Crippen LogP contribution in [0.2, 0.25) is 0 Å². The molecule has 4 heterocycles. The maximum Gasteiger partial charge on any atom is 0.259 e. The quantitative estimate of drug-likeness (QED) is 0.778. The summed E-state index contributed by atoms with van der Waals surface area (Å²) < 4.78 is 12.9. The minimum absolute atomic E-state index is 0.357. The van der Waals surface area contributed by atoms with Crippen LogP contribution in [0.15, 0.2) is 29.0 Å². The van der Waals surface area contributed by atoms with E-state index in [2.05, 4.69) is 20.2 Å². The largest absolute Gasteiger partial charge is 0.469 e. The number of aliphatic hydroxyl groups excluding tert-OH is 1. The summed E-state index contributed by atoms with van der Waals surface area (Å²) >= 11 is 0. The van der Waals surface area contributed by atoms with E-state index in [1.165, 1.54) is 0 Å². The van der Waals surface area contributed by atoms with Gasteiger partial charge in [-0.25, -0.2) is 4.98 Å². The third-order valence-electron chi connectivity index (χ3n) is 4.37. The highest BCUT2D eigenvalue weighted by Gasteiger charge is 2.36. The highest BCUT2D eigenvalue weighted by Crippen LogP contribution is 2.34. The summed E-state index contributed by atoms with van der Waals surface area (Å²) in [6, 6.07) is 3.71. The zero-order valence-electron chi connectivity index (χ0n) is 14.3. The van der Waals surface area contributed by atoms with Gasteiger partial charge in [-0.2, -0.15) is 10.1 Å². The average molecular weight is 341 g/mol. The fourth-order valence-electron chi connectivity index (χ4n) is 2.73. The summed E-state index contributed by atoms with van der Waals surface area (Å²) in [5.41, 5.74) is 1.50. The summed E-state index contributed by atoms with van der Waals surface area (Å²) in [4.78, 5) is 8.74. The molecule has 0 fully saturated rings. The number of aromatic nitrogens is 5. The van der Waals surface area contributed by atoms with Gasteiger partial charge in [-0.05, 0) is 32.9 Å². The number of aliphatic hydroxyl groups is 1. The average Bonchev–Trinajstić information content (AvgIpc) is 3.24. The lowest BCUT2D eigenvalue weighted by molar-refractivity contribution is -0.0442. The minimum atomic E-state index is -0.655. The van der Waals surface area contributed by atoms with E-state index in [0.717, 1.165) is 12.1 Å². The zero-order chi connectivity index (χ0) is 17.6. The monoisotopic (exact) mass is 341 g/mol. The Morgan fingerprint density at radius 1 is 1.40 bits per heavy atom. The van der Waals surface area contributed by atoms with E-state index in [0.29, 0.717) is 35.3 Å². The van der Waals surface area contributed by atoms with Crippen LogP contribution in [0.25, 0.3) is 23.0 Å². The van der Waals surface area contributed by atoms with Crippen LogP contribution in [0.4, 0.5) is 0 Å². The number of ether oxygens (including phenoxy) is 1. The van der Waals surface area contributed by atoms with Crippen molar-refractivity contribution in [3.05, 3.63) is 30.1 Å². The molecule has 0 aromatic carbocycles. The predicted molar refractivity (Wildman–Crippen MR) is 88.8 cm³/mol. The number of nitrogens with zero attached hydrogens (tertiary/aromatic N) is 5. The summed E-state index contributed by atoms with van der Waals surface area (Å²) in [6.07, 6.45) is 3.36. The SMILES string of the molecule is CCn1ccc(-c2noc(-c3cnc4c(c3)C[C@@H](O)C(C)(C)O4)n2)n1. The van der Waals surface area contributed by atoms with Gasteiger partial charge in [0.05, 0.1) is 11.7 Å². The molecule has 1 aliphatic rings. The van der Waals surface area contributed by atoms with Crippen LogP contribution >= 0.6 is 0 Å². The molecule has 8 nitrogen and oxygen atoms in total. The first-order chi connectivity index (χ1) is 12.0. The third kappa shape index (κ3) is 2.78. The Bertz CT molecular complexity index is 915. The van der Waals surface area contributed by atoms with Crippen LogP contribution in [0.3, 0.4) is 0 Å². The van der Waals surface area contributed by atoms with Crippen LogP contribution in [-0.4, -0.2) is 41.7 Å². The Kier molecular flexibility index (Phi) is 3.57. The molecule has 4 rings (SSSR count). The second-order valence-corrected chi connectivity index (χ2v) is 6.59. The molecule has 0 spiro atoms. The molecule has 0 unspecified atom stereocenters. The smallest absolute Gasteiger partial charge is 0.259 e. The molecule has 0 saturated carbocycles. The molecule has 0 radical (unpaired) electrons. The summed E-state index contributed by atoms with van der Waals surface area (Å²) in [5, 5.41) is 18.6. The molecule has 0 aliphatic carbocycles. The predicted octanol–water partition coefficient (Wildman–Crippen LogP) is 2.09. The van der Waals surface area contributed by atoms with E-state index >= 15 is 0 Å². The molecule has 1 aliphatic heterocycles. The molecule has 0 saturated heterocycles. The van der Waals surface area contributed by atoms with Gasteiger partial charge in [0.1, 0.15) is 11.3 Å². The van der Waals surface area contributed by atoms with Gasteiger partial charge in [-0.3, -0.25) is 4.68 Å². The molecule has 8 heteroatoms. The van der Waals surface area contributed by atoms with Gasteiger partial charge >= 0.3 is 0 Å². The number of hydrogen-bond acceptors (Lipinski definition) is 7. The maximum absolute atomic E-state index is 10.2. The summed E-state index contributed by atoms with van der Waals surface area (Å²) in [7, 11) is 0. The topological polar surface area (TPSA) is 99.1 Å². The second-order valence-electron chi connectivity index (χ2n) is 6.59. The van der Waals surface area contributed by atoms with Crippen LogP contribution in [-0.2, 0) is 13.0 Å². The summed E-state index contributed by atoms with van der Waals surface area (Å²) in [6.45, 7) is 6.47. The Balaban J connectivity index is 1.64. The van der Waals surface area contributed by atoms with Crippen LogP contribution in [0.1, 0.15) is 26.3 Å². The maximum atomic E-state index is 10.2. The van der Waals surface area contributed by atoms with Gasteiger partial charge in [-0.15, -0.1) is 0 Å². The first kappa shape index (κ1) is 15.8. The van der Waals surface area contributed by atoms with Gasteiger partial charge in [0.15, 0.2) is 0 Å². The van der Waals surface area contributed by atoms with Gasteiger partial charge in [0, 0.05) is 30.9 Å².